The van der Waals surface area contributed by atoms with E-state index in [-0.39, 0.29) is 6.15 Å². The fraction of sp³-hybridized carbons (Fsp3) is 0.812. The van der Waals surface area contributed by atoms with E-state index in [0.29, 0.717) is 11.3 Å². The minimum Gasteiger partial charge on any atom is -0.344 e. The highest BCUT2D eigenvalue weighted by molar-refractivity contribution is 6.17. The highest BCUT2D eigenvalue weighted by Crippen LogP contribution is 2.42. The molecule has 2 heteroatoms. The van der Waals surface area contributed by atoms with Crippen LogP contribution in [0.1, 0.15) is 167 Å². The molecule has 1 rings (SSSR count). The SMILES string of the molecule is CCCCCCCCC(CCCCCCCC)(CCCCCCCC)c1ccccc1CCl.N. The highest BCUT2D eigenvalue weighted by atomic mass is 35.5. The molecule has 0 aliphatic heterocycles. The van der Waals surface area contributed by atoms with Gasteiger partial charge in [0.1, 0.15) is 0 Å². The lowest BCUT2D eigenvalue weighted by molar-refractivity contribution is 0.297. The van der Waals surface area contributed by atoms with Gasteiger partial charge in [-0.15, -0.1) is 11.6 Å². The molecule has 0 aromatic heterocycles. The molecule has 1 aromatic rings. The molecule has 200 valence electrons. The molecule has 1 nitrogen and oxygen atoms in total. The van der Waals surface area contributed by atoms with Gasteiger partial charge >= 0.3 is 0 Å². The van der Waals surface area contributed by atoms with E-state index in [9.17, 15) is 0 Å². The lowest BCUT2D eigenvalue weighted by Gasteiger charge is -2.37. The lowest BCUT2D eigenvalue weighted by Crippen LogP contribution is -2.28. The summed E-state index contributed by atoms with van der Waals surface area (Å²) >= 11 is 6.49. The molecule has 0 spiro atoms. The molecule has 0 unspecified atom stereocenters. The zero-order valence-electron chi connectivity index (χ0n) is 23.5. The summed E-state index contributed by atoms with van der Waals surface area (Å²) in [6.07, 6.45) is 29.1. The van der Waals surface area contributed by atoms with Gasteiger partial charge in [-0.3, -0.25) is 0 Å². The molecule has 0 radical (unpaired) electrons. The molecular weight excluding hydrogens is 434 g/mol. The van der Waals surface area contributed by atoms with Gasteiger partial charge in [0, 0.05) is 5.88 Å². The van der Waals surface area contributed by atoms with Gasteiger partial charge in [-0.05, 0) is 35.8 Å². The van der Waals surface area contributed by atoms with Crippen molar-refractivity contribution >= 4 is 11.6 Å². The monoisotopic (exact) mass is 493 g/mol. The van der Waals surface area contributed by atoms with Crippen LogP contribution in [0.25, 0.3) is 0 Å². The van der Waals surface area contributed by atoms with Crippen LogP contribution in [-0.4, -0.2) is 0 Å². The van der Waals surface area contributed by atoms with E-state index in [1.165, 1.54) is 140 Å². The predicted octanol–water partition coefficient (Wildman–Crippen LogP) is 12.1. The minimum absolute atomic E-state index is 0. The Labute approximate surface area is 219 Å². The lowest BCUT2D eigenvalue weighted by atomic mass is 9.68. The molecule has 0 aliphatic rings. The van der Waals surface area contributed by atoms with E-state index in [1.54, 1.807) is 5.56 Å². The number of unbranched alkanes of at least 4 members (excludes halogenated alkanes) is 15. The topological polar surface area (TPSA) is 35.0 Å². The molecule has 0 saturated heterocycles. The Balaban J connectivity index is 0.0000109. The first-order valence-electron chi connectivity index (χ1n) is 14.9. The van der Waals surface area contributed by atoms with Crippen molar-refractivity contribution in [2.75, 3.05) is 0 Å². The maximum absolute atomic E-state index is 6.49. The summed E-state index contributed by atoms with van der Waals surface area (Å²) < 4.78 is 0. The second kappa shape index (κ2) is 22.9. The quantitative estimate of drug-likeness (QED) is 0.119. The summed E-state index contributed by atoms with van der Waals surface area (Å²) in [5.41, 5.74) is 3.32. The largest absolute Gasteiger partial charge is 0.344 e. The zero-order chi connectivity index (χ0) is 24.0. The molecule has 34 heavy (non-hydrogen) atoms. The second-order valence-corrected chi connectivity index (χ2v) is 10.9. The van der Waals surface area contributed by atoms with Crippen LogP contribution in [0, 0.1) is 0 Å². The molecule has 0 atom stereocenters. The summed E-state index contributed by atoms with van der Waals surface area (Å²) in [6, 6.07) is 9.18. The van der Waals surface area contributed by atoms with E-state index in [2.05, 4.69) is 45.0 Å². The van der Waals surface area contributed by atoms with E-state index in [0.717, 1.165) is 0 Å². The first kappa shape index (κ1) is 33.5. The molecule has 0 fully saturated rings. The van der Waals surface area contributed by atoms with Crippen molar-refractivity contribution in [1.29, 1.82) is 0 Å². The van der Waals surface area contributed by atoms with Crippen molar-refractivity contribution in [3.8, 4) is 0 Å². The van der Waals surface area contributed by atoms with E-state index >= 15 is 0 Å². The Kier molecular flexibility index (Phi) is 22.5. The molecular formula is C32H60ClN. The van der Waals surface area contributed by atoms with Gasteiger partial charge in [-0.25, -0.2) is 0 Å². The van der Waals surface area contributed by atoms with Gasteiger partial charge in [-0.2, -0.15) is 0 Å². The zero-order valence-corrected chi connectivity index (χ0v) is 24.2. The predicted molar refractivity (Wildman–Crippen MR) is 157 cm³/mol. The molecule has 0 heterocycles. The van der Waals surface area contributed by atoms with Crippen molar-refractivity contribution in [3.05, 3.63) is 35.4 Å². The van der Waals surface area contributed by atoms with Crippen molar-refractivity contribution in [2.24, 2.45) is 0 Å². The third-order valence-corrected chi connectivity index (χ3v) is 8.05. The number of benzene rings is 1. The Morgan fingerprint density at radius 3 is 1.26 bits per heavy atom. The Morgan fingerprint density at radius 2 is 0.882 bits per heavy atom. The first-order valence-corrected chi connectivity index (χ1v) is 15.4. The van der Waals surface area contributed by atoms with E-state index in [1.807, 2.05) is 0 Å². The van der Waals surface area contributed by atoms with Crippen molar-refractivity contribution in [3.63, 3.8) is 0 Å². The third-order valence-electron chi connectivity index (χ3n) is 7.76. The van der Waals surface area contributed by atoms with Gasteiger partial charge in [0.25, 0.3) is 0 Å². The minimum atomic E-state index is 0. The Bertz CT molecular complexity index is 515. The maximum atomic E-state index is 6.49. The summed E-state index contributed by atoms with van der Waals surface area (Å²) in [7, 11) is 0. The third kappa shape index (κ3) is 14.1. The van der Waals surface area contributed by atoms with Crippen molar-refractivity contribution in [1.82, 2.24) is 6.15 Å². The molecule has 1 aromatic carbocycles. The number of rotatable bonds is 23. The van der Waals surface area contributed by atoms with Crippen molar-refractivity contribution < 1.29 is 0 Å². The molecule has 3 N–H and O–H groups in total. The fourth-order valence-corrected chi connectivity index (χ4v) is 5.90. The highest BCUT2D eigenvalue weighted by Gasteiger charge is 2.32. The fourth-order valence-electron chi connectivity index (χ4n) is 5.66. The smallest absolute Gasteiger partial charge is 0.0477 e. The van der Waals surface area contributed by atoms with E-state index < -0.39 is 0 Å². The van der Waals surface area contributed by atoms with Crippen LogP contribution in [0.2, 0.25) is 0 Å². The number of alkyl halides is 1. The maximum Gasteiger partial charge on any atom is 0.0477 e. The van der Waals surface area contributed by atoms with E-state index in [4.69, 9.17) is 11.6 Å². The Hall–Kier alpha value is -0.530. The van der Waals surface area contributed by atoms with Crippen LogP contribution in [-0.2, 0) is 11.3 Å². The first-order chi connectivity index (χ1) is 16.2. The van der Waals surface area contributed by atoms with Crippen LogP contribution < -0.4 is 6.15 Å². The number of hydrogen-bond acceptors (Lipinski definition) is 1. The molecule has 0 aliphatic carbocycles. The van der Waals surface area contributed by atoms with Gasteiger partial charge in [0.05, 0.1) is 0 Å². The van der Waals surface area contributed by atoms with Gasteiger partial charge < -0.3 is 6.15 Å². The summed E-state index contributed by atoms with van der Waals surface area (Å²) in [4.78, 5) is 0. The number of hydrogen-bond donors (Lipinski definition) is 1. The number of halogens is 1. The second-order valence-electron chi connectivity index (χ2n) is 10.6. The summed E-state index contributed by atoms with van der Waals surface area (Å²) in [5.74, 6) is 0.654. The van der Waals surface area contributed by atoms with Crippen LogP contribution in [0.5, 0.6) is 0 Å². The average molecular weight is 494 g/mol. The van der Waals surface area contributed by atoms with Crippen LogP contribution >= 0.6 is 11.6 Å². The van der Waals surface area contributed by atoms with Crippen LogP contribution in [0.3, 0.4) is 0 Å². The van der Waals surface area contributed by atoms with Crippen LogP contribution in [0.4, 0.5) is 0 Å². The van der Waals surface area contributed by atoms with Gasteiger partial charge in [-0.1, -0.05) is 161 Å². The Morgan fingerprint density at radius 1 is 0.529 bits per heavy atom. The normalized spacial score (nSPS) is 11.5. The van der Waals surface area contributed by atoms with Crippen molar-refractivity contribution in [2.45, 2.75) is 167 Å². The molecule has 0 saturated carbocycles. The summed E-state index contributed by atoms with van der Waals surface area (Å²) in [6.45, 7) is 6.94. The average Bonchev–Trinajstić information content (AvgIpc) is 2.85. The van der Waals surface area contributed by atoms with Gasteiger partial charge in [0.15, 0.2) is 0 Å². The standard InChI is InChI=1S/C32H57Cl.H3N/c1-4-7-10-13-16-21-26-32(27-22-17-14-11-8-5-2,28-23-18-15-12-9-6-3)31-25-20-19-24-30(31)29-33;/h19-20,24-25H,4-18,21-23,26-29H2,1-3H3;1H3. The molecule has 0 bridgehead atoms. The summed E-state index contributed by atoms with van der Waals surface area (Å²) in [5, 5.41) is 0. The van der Waals surface area contributed by atoms with Crippen LogP contribution in [0.15, 0.2) is 24.3 Å². The van der Waals surface area contributed by atoms with Gasteiger partial charge in [0.2, 0.25) is 0 Å². The molecule has 0 amide bonds.